The number of methoxy groups -OCH3 is 1. The maximum absolute atomic E-state index is 12.1. The Bertz CT molecular complexity index is 659. The van der Waals surface area contributed by atoms with E-state index < -0.39 is 0 Å². The minimum absolute atomic E-state index is 0.0424. The quantitative estimate of drug-likeness (QED) is 0.829. The SMILES string of the molecule is COc1ccc(-c2cc(=O)n3c(n2)CCC3C)cc1. The second-order valence-corrected chi connectivity index (χ2v) is 4.88. The molecule has 0 N–H and O–H groups in total. The number of rotatable bonds is 2. The number of hydrogen-bond acceptors (Lipinski definition) is 3. The van der Waals surface area contributed by atoms with Crippen molar-refractivity contribution in [1.82, 2.24) is 9.55 Å². The fraction of sp³-hybridized carbons (Fsp3) is 0.333. The van der Waals surface area contributed by atoms with Crippen molar-refractivity contribution in [3.63, 3.8) is 0 Å². The average Bonchev–Trinajstić information content (AvgIpc) is 2.81. The first-order chi connectivity index (χ1) is 9.19. The molecule has 98 valence electrons. The van der Waals surface area contributed by atoms with Crippen LogP contribution in [-0.4, -0.2) is 16.7 Å². The Kier molecular flexibility index (Phi) is 2.85. The van der Waals surface area contributed by atoms with Crippen LogP contribution in [0.4, 0.5) is 0 Å². The predicted molar refractivity (Wildman–Crippen MR) is 73.5 cm³/mol. The Labute approximate surface area is 111 Å². The fourth-order valence-corrected chi connectivity index (χ4v) is 2.56. The van der Waals surface area contributed by atoms with E-state index in [0.29, 0.717) is 0 Å². The standard InChI is InChI=1S/C15H16N2O2/c1-10-3-8-14-16-13(9-15(18)17(10)14)11-4-6-12(19-2)7-5-11/h4-7,9-10H,3,8H2,1-2H3. The number of aryl methyl sites for hydroxylation is 1. The van der Waals surface area contributed by atoms with Gasteiger partial charge in [-0.25, -0.2) is 4.98 Å². The molecule has 4 nitrogen and oxygen atoms in total. The molecule has 2 aromatic rings. The minimum Gasteiger partial charge on any atom is -0.497 e. The number of hydrogen-bond donors (Lipinski definition) is 0. The van der Waals surface area contributed by atoms with E-state index in [-0.39, 0.29) is 11.6 Å². The molecular weight excluding hydrogens is 240 g/mol. The van der Waals surface area contributed by atoms with Crippen LogP contribution in [0.25, 0.3) is 11.3 Å². The summed E-state index contributed by atoms with van der Waals surface area (Å²) in [6.45, 7) is 2.06. The molecule has 2 heterocycles. The van der Waals surface area contributed by atoms with Crippen molar-refractivity contribution in [3.8, 4) is 17.0 Å². The van der Waals surface area contributed by atoms with Crippen LogP contribution in [0.3, 0.4) is 0 Å². The molecule has 1 aromatic heterocycles. The van der Waals surface area contributed by atoms with Gasteiger partial charge in [0.1, 0.15) is 11.6 Å². The first kappa shape index (κ1) is 12.0. The minimum atomic E-state index is 0.0424. The first-order valence-corrected chi connectivity index (χ1v) is 6.46. The Balaban J connectivity index is 2.06. The van der Waals surface area contributed by atoms with Crippen molar-refractivity contribution < 1.29 is 4.74 Å². The summed E-state index contributed by atoms with van der Waals surface area (Å²) in [5, 5.41) is 0. The van der Waals surface area contributed by atoms with E-state index in [1.165, 1.54) is 0 Å². The lowest BCUT2D eigenvalue weighted by Crippen LogP contribution is -2.22. The van der Waals surface area contributed by atoms with E-state index in [0.717, 1.165) is 35.7 Å². The number of ether oxygens (including phenoxy) is 1. The smallest absolute Gasteiger partial charge is 0.254 e. The molecule has 0 saturated carbocycles. The highest BCUT2D eigenvalue weighted by atomic mass is 16.5. The Hall–Kier alpha value is -2.10. The molecular formula is C15H16N2O2. The van der Waals surface area contributed by atoms with Crippen LogP contribution in [0.1, 0.15) is 25.2 Å². The van der Waals surface area contributed by atoms with Gasteiger partial charge in [0.15, 0.2) is 0 Å². The molecule has 0 aliphatic carbocycles. The molecule has 0 fully saturated rings. The Morgan fingerprint density at radius 1 is 1.32 bits per heavy atom. The van der Waals surface area contributed by atoms with Gasteiger partial charge in [0.2, 0.25) is 0 Å². The highest BCUT2D eigenvalue weighted by Gasteiger charge is 2.21. The van der Waals surface area contributed by atoms with Gasteiger partial charge < -0.3 is 4.74 Å². The summed E-state index contributed by atoms with van der Waals surface area (Å²) < 4.78 is 6.93. The first-order valence-electron chi connectivity index (χ1n) is 6.46. The van der Waals surface area contributed by atoms with Crippen LogP contribution < -0.4 is 10.3 Å². The molecule has 4 heteroatoms. The molecule has 1 aliphatic rings. The molecule has 0 spiro atoms. The summed E-state index contributed by atoms with van der Waals surface area (Å²) in [5.41, 5.74) is 1.73. The van der Waals surface area contributed by atoms with Crippen LogP contribution in [0.15, 0.2) is 35.1 Å². The van der Waals surface area contributed by atoms with Gasteiger partial charge in [-0.2, -0.15) is 0 Å². The van der Waals surface area contributed by atoms with Crippen LogP contribution in [0.2, 0.25) is 0 Å². The van der Waals surface area contributed by atoms with Crippen molar-refractivity contribution in [3.05, 3.63) is 46.5 Å². The summed E-state index contributed by atoms with van der Waals surface area (Å²) in [6.07, 6.45) is 1.87. The van der Waals surface area contributed by atoms with E-state index in [4.69, 9.17) is 4.74 Å². The molecule has 0 bridgehead atoms. The largest absolute Gasteiger partial charge is 0.497 e. The Morgan fingerprint density at radius 3 is 2.74 bits per heavy atom. The zero-order valence-electron chi connectivity index (χ0n) is 11.1. The van der Waals surface area contributed by atoms with E-state index in [9.17, 15) is 4.79 Å². The van der Waals surface area contributed by atoms with Crippen LogP contribution in [0.5, 0.6) is 5.75 Å². The average molecular weight is 256 g/mol. The molecule has 1 aromatic carbocycles. The molecule has 1 unspecified atom stereocenters. The van der Waals surface area contributed by atoms with Gasteiger partial charge >= 0.3 is 0 Å². The zero-order chi connectivity index (χ0) is 13.4. The maximum Gasteiger partial charge on any atom is 0.254 e. The predicted octanol–water partition coefficient (Wildman–Crippen LogP) is 2.43. The molecule has 1 atom stereocenters. The summed E-state index contributed by atoms with van der Waals surface area (Å²) in [7, 11) is 1.64. The van der Waals surface area contributed by atoms with Gasteiger partial charge in [-0.05, 0) is 37.6 Å². The van der Waals surface area contributed by atoms with Gasteiger partial charge in [0.25, 0.3) is 5.56 Å². The summed E-state index contributed by atoms with van der Waals surface area (Å²) in [5.74, 6) is 1.70. The molecule has 3 rings (SSSR count). The normalized spacial score (nSPS) is 17.3. The summed E-state index contributed by atoms with van der Waals surface area (Å²) in [4.78, 5) is 16.7. The molecule has 0 amide bonds. The van der Waals surface area contributed by atoms with E-state index in [1.54, 1.807) is 17.7 Å². The third-order valence-corrected chi connectivity index (χ3v) is 3.64. The van der Waals surface area contributed by atoms with Crippen molar-refractivity contribution in [2.24, 2.45) is 0 Å². The third-order valence-electron chi connectivity index (χ3n) is 3.64. The van der Waals surface area contributed by atoms with Gasteiger partial charge in [-0.15, -0.1) is 0 Å². The van der Waals surface area contributed by atoms with Crippen molar-refractivity contribution in [1.29, 1.82) is 0 Å². The number of fused-ring (bicyclic) bond motifs is 1. The van der Waals surface area contributed by atoms with Gasteiger partial charge in [0.05, 0.1) is 12.8 Å². The Morgan fingerprint density at radius 2 is 2.05 bits per heavy atom. The summed E-state index contributed by atoms with van der Waals surface area (Å²) >= 11 is 0. The lowest BCUT2D eigenvalue weighted by Gasteiger charge is -2.09. The lowest BCUT2D eigenvalue weighted by atomic mass is 10.1. The van der Waals surface area contributed by atoms with Crippen molar-refractivity contribution >= 4 is 0 Å². The van der Waals surface area contributed by atoms with E-state index in [2.05, 4.69) is 11.9 Å². The van der Waals surface area contributed by atoms with E-state index >= 15 is 0 Å². The van der Waals surface area contributed by atoms with Crippen LogP contribution >= 0.6 is 0 Å². The van der Waals surface area contributed by atoms with Gasteiger partial charge in [-0.3, -0.25) is 9.36 Å². The van der Waals surface area contributed by atoms with Crippen LogP contribution in [0, 0.1) is 0 Å². The monoisotopic (exact) mass is 256 g/mol. The molecule has 0 saturated heterocycles. The fourth-order valence-electron chi connectivity index (χ4n) is 2.56. The van der Waals surface area contributed by atoms with Crippen LogP contribution in [-0.2, 0) is 6.42 Å². The second-order valence-electron chi connectivity index (χ2n) is 4.88. The zero-order valence-corrected chi connectivity index (χ0v) is 11.1. The second kappa shape index (κ2) is 4.53. The third kappa shape index (κ3) is 2.03. The van der Waals surface area contributed by atoms with Crippen molar-refractivity contribution in [2.45, 2.75) is 25.8 Å². The molecule has 1 aliphatic heterocycles. The number of aromatic nitrogens is 2. The molecule has 0 radical (unpaired) electrons. The maximum atomic E-state index is 12.1. The lowest BCUT2D eigenvalue weighted by molar-refractivity contribution is 0.415. The van der Waals surface area contributed by atoms with E-state index in [1.807, 2.05) is 24.3 Å². The van der Waals surface area contributed by atoms with Gasteiger partial charge in [0, 0.05) is 24.1 Å². The van der Waals surface area contributed by atoms with Gasteiger partial charge in [-0.1, -0.05) is 0 Å². The topological polar surface area (TPSA) is 44.1 Å². The summed E-state index contributed by atoms with van der Waals surface area (Å²) in [6, 6.07) is 9.49. The van der Waals surface area contributed by atoms with Crippen molar-refractivity contribution in [2.75, 3.05) is 7.11 Å². The highest BCUT2D eigenvalue weighted by Crippen LogP contribution is 2.25. The number of nitrogens with zero attached hydrogens (tertiary/aromatic N) is 2. The highest BCUT2D eigenvalue weighted by molar-refractivity contribution is 5.59. The molecule has 19 heavy (non-hydrogen) atoms. The number of benzene rings is 1.